The minimum atomic E-state index is 1.06. The Labute approximate surface area is 254 Å². The van der Waals surface area contributed by atoms with Gasteiger partial charge in [0, 0.05) is 18.0 Å². The normalized spacial score (nSPS) is 12.2. The standard InChI is InChI=1S/C42H33N/c1-4-29-25-41(40-16-9-8-15-39(40)37(29)5-2)33-13-10-12-32(23-33)36-22-28(3)21-35(24-36)30-17-19-31(20-18-30)42-27-43-26-34-11-6-7-14-38(34)42/h4-5,7-10,12-27H,1-2,6,11H2,3H3. The van der Waals surface area contributed by atoms with Crippen LogP contribution in [0.15, 0.2) is 129 Å². The van der Waals surface area contributed by atoms with E-state index < -0.39 is 0 Å². The Hall–Kier alpha value is -5.27. The van der Waals surface area contributed by atoms with Crippen molar-refractivity contribution in [3.8, 4) is 44.5 Å². The quantitative estimate of drug-likeness (QED) is 0.201. The molecule has 0 radical (unpaired) electrons. The molecule has 206 valence electrons. The van der Waals surface area contributed by atoms with Crippen LogP contribution < -0.4 is 0 Å². The van der Waals surface area contributed by atoms with E-state index in [-0.39, 0.29) is 0 Å². The van der Waals surface area contributed by atoms with Crippen molar-refractivity contribution in [2.45, 2.75) is 19.8 Å². The number of benzene rings is 5. The molecular weight excluding hydrogens is 518 g/mol. The molecule has 1 aliphatic rings. The van der Waals surface area contributed by atoms with E-state index in [1.54, 1.807) is 0 Å². The average molecular weight is 552 g/mol. The third-order valence-corrected chi connectivity index (χ3v) is 8.59. The fourth-order valence-corrected chi connectivity index (χ4v) is 6.46. The molecule has 1 nitrogen and oxygen atoms in total. The number of allylic oxidation sites excluding steroid dienone is 1. The first kappa shape index (κ1) is 26.6. The van der Waals surface area contributed by atoms with Crippen molar-refractivity contribution in [1.29, 1.82) is 0 Å². The summed E-state index contributed by atoms with van der Waals surface area (Å²) in [5.74, 6) is 0. The molecule has 0 saturated heterocycles. The topological polar surface area (TPSA) is 12.9 Å². The smallest absolute Gasteiger partial charge is 0.0352 e. The van der Waals surface area contributed by atoms with Gasteiger partial charge in [0.1, 0.15) is 0 Å². The van der Waals surface area contributed by atoms with Crippen molar-refractivity contribution < 1.29 is 0 Å². The minimum absolute atomic E-state index is 1.06. The van der Waals surface area contributed by atoms with Crippen LogP contribution in [0.5, 0.6) is 0 Å². The van der Waals surface area contributed by atoms with E-state index in [9.17, 15) is 0 Å². The zero-order chi connectivity index (χ0) is 29.3. The number of aryl methyl sites for hydroxylation is 2. The van der Waals surface area contributed by atoms with Crippen LogP contribution in [0.2, 0.25) is 0 Å². The van der Waals surface area contributed by atoms with Crippen molar-refractivity contribution in [3.63, 3.8) is 0 Å². The van der Waals surface area contributed by atoms with Gasteiger partial charge in [-0.25, -0.2) is 0 Å². The second kappa shape index (κ2) is 11.2. The lowest BCUT2D eigenvalue weighted by molar-refractivity contribution is 0.972. The van der Waals surface area contributed by atoms with Crippen LogP contribution in [0, 0.1) is 6.92 Å². The summed E-state index contributed by atoms with van der Waals surface area (Å²) in [6.07, 6.45) is 14.5. The van der Waals surface area contributed by atoms with Gasteiger partial charge in [-0.05, 0) is 115 Å². The maximum atomic E-state index is 4.53. The van der Waals surface area contributed by atoms with E-state index in [1.165, 1.54) is 72.0 Å². The first-order chi connectivity index (χ1) is 21.1. The van der Waals surface area contributed by atoms with Gasteiger partial charge in [0.2, 0.25) is 0 Å². The van der Waals surface area contributed by atoms with Crippen LogP contribution in [-0.2, 0) is 6.42 Å². The Morgan fingerprint density at radius 3 is 2.14 bits per heavy atom. The number of rotatable bonds is 6. The molecule has 0 N–H and O–H groups in total. The Morgan fingerprint density at radius 2 is 1.35 bits per heavy atom. The van der Waals surface area contributed by atoms with Crippen molar-refractivity contribution in [3.05, 3.63) is 157 Å². The zero-order valence-corrected chi connectivity index (χ0v) is 24.5. The second-order valence-electron chi connectivity index (χ2n) is 11.3. The Kier molecular flexibility index (Phi) is 6.93. The summed E-state index contributed by atoms with van der Waals surface area (Å²) in [5, 5.41) is 2.41. The summed E-state index contributed by atoms with van der Waals surface area (Å²) in [6, 6.07) is 35.5. The molecule has 7 rings (SSSR count). The summed E-state index contributed by atoms with van der Waals surface area (Å²) in [4.78, 5) is 4.53. The summed E-state index contributed by atoms with van der Waals surface area (Å²) in [5.41, 5.74) is 15.7. The molecular formula is C42H33N. The Morgan fingerprint density at radius 1 is 0.628 bits per heavy atom. The van der Waals surface area contributed by atoms with Gasteiger partial charge in [0.05, 0.1) is 0 Å². The van der Waals surface area contributed by atoms with Crippen molar-refractivity contribution in [2.24, 2.45) is 0 Å². The van der Waals surface area contributed by atoms with Crippen LogP contribution in [0.25, 0.3) is 73.5 Å². The molecule has 43 heavy (non-hydrogen) atoms. The lowest BCUT2D eigenvalue weighted by atomic mass is 9.89. The summed E-state index contributed by atoms with van der Waals surface area (Å²) >= 11 is 0. The third-order valence-electron chi connectivity index (χ3n) is 8.59. The number of hydrogen-bond acceptors (Lipinski definition) is 1. The molecule has 1 aliphatic carbocycles. The average Bonchev–Trinajstić information content (AvgIpc) is 3.07. The molecule has 0 unspecified atom stereocenters. The third kappa shape index (κ3) is 4.94. The predicted octanol–water partition coefficient (Wildman–Crippen LogP) is 11.5. The summed E-state index contributed by atoms with van der Waals surface area (Å²) in [6.45, 7) is 10.3. The number of fused-ring (bicyclic) bond motifs is 2. The lowest BCUT2D eigenvalue weighted by Gasteiger charge is -2.15. The van der Waals surface area contributed by atoms with E-state index >= 15 is 0 Å². The van der Waals surface area contributed by atoms with Gasteiger partial charge < -0.3 is 0 Å². The number of nitrogens with zero attached hydrogens (tertiary/aromatic N) is 1. The van der Waals surface area contributed by atoms with E-state index in [1.807, 2.05) is 24.5 Å². The van der Waals surface area contributed by atoms with E-state index in [0.29, 0.717) is 0 Å². The van der Waals surface area contributed by atoms with Crippen molar-refractivity contribution in [2.75, 3.05) is 0 Å². The Balaban J connectivity index is 1.27. The molecule has 0 aliphatic heterocycles. The zero-order valence-electron chi connectivity index (χ0n) is 24.5. The first-order valence-electron chi connectivity index (χ1n) is 14.9. The van der Waals surface area contributed by atoms with Gasteiger partial charge in [0.25, 0.3) is 0 Å². The molecule has 1 heteroatoms. The fourth-order valence-electron chi connectivity index (χ4n) is 6.46. The summed E-state index contributed by atoms with van der Waals surface area (Å²) < 4.78 is 0. The highest BCUT2D eigenvalue weighted by Gasteiger charge is 2.13. The number of pyridine rings is 1. The van der Waals surface area contributed by atoms with Crippen LogP contribution in [0.4, 0.5) is 0 Å². The van der Waals surface area contributed by atoms with E-state index in [2.05, 4.69) is 134 Å². The van der Waals surface area contributed by atoms with Crippen LogP contribution in [0.1, 0.15) is 34.2 Å². The van der Waals surface area contributed by atoms with Gasteiger partial charge in [-0.3, -0.25) is 4.98 Å². The van der Waals surface area contributed by atoms with Gasteiger partial charge in [0.15, 0.2) is 0 Å². The lowest BCUT2D eigenvalue weighted by Crippen LogP contribution is -1.98. The van der Waals surface area contributed by atoms with Crippen LogP contribution in [0.3, 0.4) is 0 Å². The number of hydrogen-bond donors (Lipinski definition) is 0. The van der Waals surface area contributed by atoms with E-state index in [4.69, 9.17) is 0 Å². The molecule has 1 heterocycles. The monoisotopic (exact) mass is 551 g/mol. The van der Waals surface area contributed by atoms with Gasteiger partial charge in [-0.2, -0.15) is 0 Å². The molecule has 0 saturated carbocycles. The van der Waals surface area contributed by atoms with Crippen LogP contribution >= 0.6 is 0 Å². The Bertz CT molecular complexity index is 2060. The van der Waals surface area contributed by atoms with E-state index in [0.717, 1.165) is 24.0 Å². The SMILES string of the molecule is C=Cc1cc(-c2cccc(-c3cc(C)cc(-c4ccc(-c5cncc6c5C=CCC6)cc4)c3)c2)c2ccccc2c1C=C. The molecule has 0 atom stereocenters. The van der Waals surface area contributed by atoms with Crippen LogP contribution in [-0.4, -0.2) is 4.98 Å². The summed E-state index contributed by atoms with van der Waals surface area (Å²) in [7, 11) is 0. The van der Waals surface area contributed by atoms with Crippen molar-refractivity contribution in [1.82, 2.24) is 4.98 Å². The highest BCUT2D eigenvalue weighted by molar-refractivity contribution is 6.04. The molecule has 0 amide bonds. The molecule has 6 aromatic rings. The largest absolute Gasteiger partial charge is 0.264 e. The predicted molar refractivity (Wildman–Crippen MR) is 186 cm³/mol. The molecule has 0 fully saturated rings. The number of aromatic nitrogens is 1. The van der Waals surface area contributed by atoms with Crippen molar-refractivity contribution >= 4 is 29.0 Å². The minimum Gasteiger partial charge on any atom is -0.264 e. The maximum absolute atomic E-state index is 4.53. The second-order valence-corrected chi connectivity index (χ2v) is 11.3. The fraction of sp³-hybridized carbons (Fsp3) is 0.0714. The van der Waals surface area contributed by atoms with Gasteiger partial charge in [-0.15, -0.1) is 0 Å². The molecule has 0 spiro atoms. The maximum Gasteiger partial charge on any atom is 0.0352 e. The van der Waals surface area contributed by atoms with Gasteiger partial charge >= 0.3 is 0 Å². The van der Waals surface area contributed by atoms with Gasteiger partial charge in [-0.1, -0.05) is 116 Å². The molecule has 1 aromatic heterocycles. The highest BCUT2D eigenvalue weighted by Crippen LogP contribution is 2.37. The first-order valence-corrected chi connectivity index (χ1v) is 14.9. The molecule has 0 bridgehead atoms. The highest BCUT2D eigenvalue weighted by atomic mass is 14.6. The molecule has 5 aromatic carbocycles.